The molecule has 1 heterocycles. The molecule has 0 saturated carbocycles. The third kappa shape index (κ3) is 2.37. The van der Waals surface area contributed by atoms with Crippen LogP contribution < -0.4 is 0 Å². The van der Waals surface area contributed by atoms with Crippen LogP contribution in [0.5, 0.6) is 0 Å². The number of rotatable bonds is 3. The highest BCUT2D eigenvalue weighted by Crippen LogP contribution is 2.24. The Morgan fingerprint density at radius 2 is 2.00 bits per heavy atom. The van der Waals surface area contributed by atoms with Crippen LogP contribution in [0.15, 0.2) is 12.3 Å². The summed E-state index contributed by atoms with van der Waals surface area (Å²) < 4.78 is 0. The van der Waals surface area contributed by atoms with Crippen LogP contribution in [0.25, 0.3) is 0 Å². The molecule has 0 bridgehead atoms. The quantitative estimate of drug-likeness (QED) is 0.710. The monoisotopic (exact) mass is 221 g/mol. The average Bonchev–Trinajstić information content (AvgIpc) is 2.41. The molecule has 0 amide bonds. The van der Waals surface area contributed by atoms with E-state index in [1.807, 2.05) is 18.2 Å². The van der Waals surface area contributed by atoms with Gasteiger partial charge in [0, 0.05) is 12.6 Å². The molecule has 1 rings (SSSR count). The van der Waals surface area contributed by atoms with Gasteiger partial charge in [0.25, 0.3) is 0 Å². The van der Waals surface area contributed by atoms with Crippen molar-refractivity contribution in [3.05, 3.63) is 23.8 Å². The van der Waals surface area contributed by atoms with E-state index in [4.69, 9.17) is 22.2 Å². The lowest BCUT2D eigenvalue weighted by Crippen LogP contribution is -2.25. The molecule has 0 aliphatic rings. The smallest absolute Gasteiger partial charge is 0.203 e. The second kappa shape index (κ2) is 5.26. The molecule has 1 aromatic rings. The molecule has 0 saturated heterocycles. The molecule has 0 aromatic carbocycles. The van der Waals surface area contributed by atoms with Crippen molar-refractivity contribution in [3.8, 4) is 30.6 Å². The first-order valence-electron chi connectivity index (χ1n) is 4.72. The van der Waals surface area contributed by atoms with Crippen molar-refractivity contribution < 1.29 is 0 Å². The Hall–Kier alpha value is -2.89. The highest BCUT2D eigenvalue weighted by Gasteiger charge is 2.35. The summed E-state index contributed by atoms with van der Waals surface area (Å²) in [5.41, 5.74) is -1.37. The molecule has 0 N–H and O–H groups in total. The molecule has 5 nitrogen and oxygen atoms in total. The Labute approximate surface area is 99.0 Å². The third-order valence-corrected chi connectivity index (χ3v) is 2.18. The van der Waals surface area contributed by atoms with Gasteiger partial charge in [0.2, 0.25) is 5.41 Å². The molecular formula is C12H7N5. The van der Waals surface area contributed by atoms with Gasteiger partial charge < -0.3 is 0 Å². The van der Waals surface area contributed by atoms with Gasteiger partial charge in [-0.25, -0.2) is 9.97 Å². The first-order valence-corrected chi connectivity index (χ1v) is 4.72. The Bertz CT molecular complexity index is 563. The van der Waals surface area contributed by atoms with Gasteiger partial charge in [0.1, 0.15) is 11.8 Å². The van der Waals surface area contributed by atoms with E-state index in [1.165, 1.54) is 12.3 Å². The number of hydrogen-bond acceptors (Lipinski definition) is 5. The zero-order valence-electron chi connectivity index (χ0n) is 8.88. The maximum Gasteiger partial charge on any atom is 0.203 e. The van der Waals surface area contributed by atoms with Gasteiger partial charge in [-0.2, -0.15) is 15.8 Å². The van der Waals surface area contributed by atoms with Crippen LogP contribution in [-0.4, -0.2) is 9.97 Å². The third-order valence-electron chi connectivity index (χ3n) is 2.18. The fourth-order valence-electron chi connectivity index (χ4n) is 1.23. The Morgan fingerprint density at radius 1 is 1.29 bits per heavy atom. The van der Waals surface area contributed by atoms with Crippen LogP contribution in [-0.2, 0) is 5.41 Å². The van der Waals surface area contributed by atoms with Crippen LogP contribution >= 0.6 is 0 Å². The van der Waals surface area contributed by atoms with Gasteiger partial charge in [-0.3, -0.25) is 0 Å². The van der Waals surface area contributed by atoms with Crippen molar-refractivity contribution in [2.24, 2.45) is 0 Å². The molecule has 1 aromatic heterocycles. The normalized spacial score (nSPS) is 9.41. The number of aromatic nitrogens is 2. The summed E-state index contributed by atoms with van der Waals surface area (Å²) in [4.78, 5) is 7.75. The van der Waals surface area contributed by atoms with E-state index < -0.39 is 5.41 Å². The van der Waals surface area contributed by atoms with Gasteiger partial charge in [-0.1, -0.05) is 0 Å². The summed E-state index contributed by atoms with van der Waals surface area (Å²) in [6.07, 6.45) is 6.87. The van der Waals surface area contributed by atoms with Crippen molar-refractivity contribution in [2.75, 3.05) is 0 Å². The van der Waals surface area contributed by atoms with E-state index in [0.29, 0.717) is 0 Å². The number of hydrogen-bond donors (Lipinski definition) is 0. The van der Waals surface area contributed by atoms with E-state index in [-0.39, 0.29) is 24.4 Å². The first kappa shape index (κ1) is 12.2. The van der Waals surface area contributed by atoms with E-state index >= 15 is 0 Å². The van der Waals surface area contributed by atoms with Crippen molar-refractivity contribution in [1.29, 1.82) is 15.8 Å². The van der Waals surface area contributed by atoms with Gasteiger partial charge in [-0.15, -0.1) is 12.3 Å². The molecule has 0 radical (unpaired) electrons. The molecule has 0 fully saturated rings. The minimum Gasteiger partial charge on any atom is -0.238 e. The highest BCUT2D eigenvalue weighted by molar-refractivity contribution is 5.33. The summed E-state index contributed by atoms with van der Waals surface area (Å²) >= 11 is 0. The fraction of sp³-hybridized carbons (Fsp3) is 0.250. The van der Waals surface area contributed by atoms with Crippen LogP contribution in [0.3, 0.4) is 0 Å². The van der Waals surface area contributed by atoms with E-state index in [0.717, 1.165) is 0 Å². The SMILES string of the molecule is C#CCCC(C#N)(C#N)c1nccc(C#N)n1. The van der Waals surface area contributed by atoms with Crippen LogP contribution in [0, 0.1) is 46.3 Å². The van der Waals surface area contributed by atoms with Crippen molar-refractivity contribution >= 4 is 0 Å². The highest BCUT2D eigenvalue weighted by atomic mass is 14.9. The van der Waals surface area contributed by atoms with Crippen LogP contribution in [0.1, 0.15) is 24.4 Å². The largest absolute Gasteiger partial charge is 0.238 e. The molecule has 0 aliphatic heterocycles. The van der Waals surface area contributed by atoms with Crippen molar-refractivity contribution in [3.63, 3.8) is 0 Å². The lowest BCUT2D eigenvalue weighted by atomic mass is 9.85. The predicted molar refractivity (Wildman–Crippen MR) is 57.7 cm³/mol. The Balaban J connectivity index is 3.26. The maximum absolute atomic E-state index is 9.12. The van der Waals surface area contributed by atoms with Crippen LogP contribution in [0.4, 0.5) is 0 Å². The Morgan fingerprint density at radius 3 is 2.53 bits per heavy atom. The van der Waals surface area contributed by atoms with Crippen molar-refractivity contribution in [2.45, 2.75) is 18.3 Å². The number of nitrogens with zero attached hydrogens (tertiary/aromatic N) is 5. The van der Waals surface area contributed by atoms with Gasteiger partial charge in [0.15, 0.2) is 5.82 Å². The minimum absolute atomic E-state index is 0.0248. The zero-order valence-corrected chi connectivity index (χ0v) is 8.88. The molecule has 0 spiro atoms. The van der Waals surface area contributed by atoms with E-state index in [1.54, 1.807) is 0 Å². The van der Waals surface area contributed by atoms with E-state index in [9.17, 15) is 0 Å². The van der Waals surface area contributed by atoms with Crippen LogP contribution in [0.2, 0.25) is 0 Å². The van der Waals surface area contributed by atoms with Gasteiger partial charge in [-0.05, 0) is 12.5 Å². The average molecular weight is 221 g/mol. The number of nitriles is 3. The minimum atomic E-state index is -1.49. The molecule has 0 aliphatic carbocycles. The lowest BCUT2D eigenvalue weighted by Gasteiger charge is -2.14. The molecule has 0 unspecified atom stereocenters. The molecule has 80 valence electrons. The number of terminal acetylenes is 1. The lowest BCUT2D eigenvalue weighted by molar-refractivity contribution is 0.598. The zero-order chi connectivity index (χ0) is 12.7. The van der Waals surface area contributed by atoms with E-state index in [2.05, 4.69) is 15.9 Å². The second-order valence-electron chi connectivity index (χ2n) is 3.21. The second-order valence-corrected chi connectivity index (χ2v) is 3.21. The molecule has 5 heteroatoms. The summed E-state index contributed by atoms with van der Waals surface area (Å²) in [6, 6.07) is 6.99. The summed E-state index contributed by atoms with van der Waals surface area (Å²) in [5.74, 6) is 2.39. The first-order chi connectivity index (χ1) is 8.22. The standard InChI is InChI=1S/C12H7N5/c1-2-3-5-12(8-14,9-15)11-16-6-4-10(7-13)17-11/h1,4,6H,3,5H2. The van der Waals surface area contributed by atoms with Crippen molar-refractivity contribution in [1.82, 2.24) is 9.97 Å². The topological polar surface area (TPSA) is 97.1 Å². The molecule has 0 atom stereocenters. The molecule has 17 heavy (non-hydrogen) atoms. The summed E-state index contributed by atoms with van der Waals surface area (Å²) in [5, 5.41) is 26.9. The Kier molecular flexibility index (Phi) is 3.77. The summed E-state index contributed by atoms with van der Waals surface area (Å²) in [7, 11) is 0. The summed E-state index contributed by atoms with van der Waals surface area (Å²) in [6.45, 7) is 0. The van der Waals surface area contributed by atoms with Gasteiger partial charge >= 0.3 is 0 Å². The fourth-order valence-corrected chi connectivity index (χ4v) is 1.23. The predicted octanol–water partition coefficient (Wildman–Crippen LogP) is 1.05. The maximum atomic E-state index is 9.12. The van der Waals surface area contributed by atoms with Gasteiger partial charge in [0.05, 0.1) is 12.1 Å². The molecular weight excluding hydrogens is 214 g/mol.